The minimum absolute atomic E-state index is 0.0153. The van der Waals surface area contributed by atoms with E-state index < -0.39 is 11.4 Å². The second kappa shape index (κ2) is 9.84. The summed E-state index contributed by atoms with van der Waals surface area (Å²) in [5, 5.41) is 9.01. The predicted molar refractivity (Wildman–Crippen MR) is 158 cm³/mol. The predicted octanol–water partition coefficient (Wildman–Crippen LogP) is 7.88. The van der Waals surface area contributed by atoms with Gasteiger partial charge < -0.3 is 14.6 Å². The summed E-state index contributed by atoms with van der Waals surface area (Å²) in [6.45, 7) is 16.9. The fraction of sp³-hybridized carbons (Fsp3) is 0.857. The lowest BCUT2D eigenvalue weighted by Crippen LogP contribution is -2.64. The number of hydrogen-bond acceptors (Lipinski definition) is 5. The van der Waals surface area contributed by atoms with Crippen LogP contribution in [0.25, 0.3) is 0 Å². The average molecular weight is 571 g/mol. The number of carbonyl (C=O) groups is 3. The van der Waals surface area contributed by atoms with Crippen LogP contribution in [0, 0.1) is 44.3 Å². The van der Waals surface area contributed by atoms with Crippen molar-refractivity contribution in [1.82, 2.24) is 0 Å². The molecule has 0 aromatic carbocycles. The molecule has 0 radical (unpaired) electrons. The van der Waals surface area contributed by atoms with E-state index in [2.05, 4.69) is 48.5 Å². The Morgan fingerprint density at radius 1 is 0.805 bits per heavy atom. The molecule has 0 heterocycles. The summed E-state index contributed by atoms with van der Waals surface area (Å²) in [7, 11) is 1.56. The number of carboxylic acids is 1. The number of carboxylic acid groups (broad SMARTS) is 1. The van der Waals surface area contributed by atoms with Gasteiger partial charge in [-0.05, 0) is 104 Å². The Balaban J connectivity index is 1.48. The molecule has 4 fully saturated rings. The van der Waals surface area contributed by atoms with E-state index in [4.69, 9.17) is 14.6 Å². The Morgan fingerprint density at radius 3 is 2.15 bits per heavy atom. The standard InChI is InChI=1S/C35H54O6/c1-30(2)17-19-35(29(39)40-8)20-18-33(6)22(23(35)21-30)9-10-25-32(5)15-14-26(41-28(38)12-11-27(36)37)31(3,4)24(32)13-16-34(25,33)7/h24-26H,9-21H2,1-8H3,(H,36,37)/t24-,25+,26-,32-,33+,34+,35-/m0/s1. The van der Waals surface area contributed by atoms with Crippen molar-refractivity contribution in [2.75, 3.05) is 7.11 Å². The number of fused-ring (bicyclic) bond motifs is 6. The highest BCUT2D eigenvalue weighted by Crippen LogP contribution is 2.75. The van der Waals surface area contributed by atoms with Gasteiger partial charge in [0, 0.05) is 5.41 Å². The van der Waals surface area contributed by atoms with Gasteiger partial charge in [-0.2, -0.15) is 0 Å². The molecule has 6 nitrogen and oxygen atoms in total. The first kappa shape index (κ1) is 30.6. The third-order valence-corrected chi connectivity index (χ3v) is 13.9. The van der Waals surface area contributed by atoms with Crippen molar-refractivity contribution in [3.8, 4) is 0 Å². The van der Waals surface area contributed by atoms with Crippen molar-refractivity contribution < 1.29 is 29.0 Å². The first-order valence-electron chi connectivity index (χ1n) is 16.2. The summed E-state index contributed by atoms with van der Waals surface area (Å²) in [6, 6.07) is 0. The summed E-state index contributed by atoms with van der Waals surface area (Å²) >= 11 is 0. The van der Waals surface area contributed by atoms with Crippen molar-refractivity contribution in [2.45, 2.75) is 138 Å². The quantitative estimate of drug-likeness (QED) is 0.267. The van der Waals surface area contributed by atoms with Crippen molar-refractivity contribution in [1.29, 1.82) is 0 Å². The minimum atomic E-state index is -0.965. The Bertz CT molecular complexity index is 1150. The van der Waals surface area contributed by atoms with Crippen LogP contribution in [0.2, 0.25) is 0 Å². The van der Waals surface area contributed by atoms with Crippen LogP contribution in [0.1, 0.15) is 132 Å². The number of allylic oxidation sites excluding steroid dienone is 1. The molecule has 0 unspecified atom stereocenters. The average Bonchev–Trinajstić information content (AvgIpc) is 2.88. The van der Waals surface area contributed by atoms with Gasteiger partial charge in [-0.15, -0.1) is 0 Å². The van der Waals surface area contributed by atoms with Crippen molar-refractivity contribution in [3.05, 3.63) is 11.1 Å². The summed E-state index contributed by atoms with van der Waals surface area (Å²) in [6.07, 6.45) is 10.8. The fourth-order valence-electron chi connectivity index (χ4n) is 11.4. The highest BCUT2D eigenvalue weighted by atomic mass is 16.5. The van der Waals surface area contributed by atoms with Gasteiger partial charge in [0.05, 0.1) is 25.4 Å². The summed E-state index contributed by atoms with van der Waals surface area (Å²) in [5.41, 5.74) is 2.95. The van der Waals surface area contributed by atoms with Crippen LogP contribution in [0.4, 0.5) is 0 Å². The monoisotopic (exact) mass is 570 g/mol. The van der Waals surface area contributed by atoms with Crippen LogP contribution in [-0.4, -0.2) is 36.2 Å². The molecule has 5 aliphatic carbocycles. The van der Waals surface area contributed by atoms with Gasteiger partial charge in [0.1, 0.15) is 6.10 Å². The minimum Gasteiger partial charge on any atom is -0.481 e. The lowest BCUT2D eigenvalue weighted by molar-refractivity contribution is -0.214. The molecule has 0 amide bonds. The molecule has 0 aliphatic heterocycles. The second-order valence-electron chi connectivity index (χ2n) is 16.5. The molecule has 5 aliphatic rings. The van der Waals surface area contributed by atoms with Gasteiger partial charge in [0.2, 0.25) is 0 Å². The van der Waals surface area contributed by atoms with E-state index in [-0.39, 0.29) is 58.0 Å². The van der Waals surface area contributed by atoms with Crippen molar-refractivity contribution in [2.24, 2.45) is 44.3 Å². The molecule has 6 heteroatoms. The van der Waals surface area contributed by atoms with Crippen LogP contribution in [-0.2, 0) is 23.9 Å². The SMILES string of the molecule is COC(=O)[C@]12CCC(C)(C)CC1=C1CC[C@@H]3[C@@]4(C)CC[C@H](OC(=O)CCC(=O)O)C(C)(C)[C@@H]4CC[C@@]3(C)[C@]1(C)CC2. The maximum atomic E-state index is 13.4. The lowest BCUT2D eigenvalue weighted by atomic mass is 9.34. The highest BCUT2D eigenvalue weighted by Gasteiger charge is 2.68. The highest BCUT2D eigenvalue weighted by molar-refractivity contribution is 5.82. The fourth-order valence-corrected chi connectivity index (χ4v) is 11.4. The molecule has 0 aromatic heterocycles. The van der Waals surface area contributed by atoms with Gasteiger partial charge in [-0.1, -0.05) is 59.6 Å². The molecule has 0 spiro atoms. The number of aliphatic carboxylic acids is 1. The van der Waals surface area contributed by atoms with E-state index >= 15 is 0 Å². The zero-order valence-corrected chi connectivity index (χ0v) is 26.9. The topological polar surface area (TPSA) is 89.9 Å². The van der Waals surface area contributed by atoms with E-state index in [1.54, 1.807) is 12.7 Å². The number of rotatable bonds is 5. The van der Waals surface area contributed by atoms with Crippen molar-refractivity contribution in [3.63, 3.8) is 0 Å². The third kappa shape index (κ3) is 4.42. The lowest BCUT2D eigenvalue weighted by Gasteiger charge is -2.71. The van der Waals surface area contributed by atoms with Gasteiger partial charge >= 0.3 is 17.9 Å². The molecular weight excluding hydrogens is 516 g/mol. The van der Waals surface area contributed by atoms with Gasteiger partial charge in [-0.3, -0.25) is 14.4 Å². The number of hydrogen-bond donors (Lipinski definition) is 1. The van der Waals surface area contributed by atoms with Crippen LogP contribution in [0.3, 0.4) is 0 Å². The molecule has 0 aromatic rings. The maximum Gasteiger partial charge on any atom is 0.315 e. The van der Waals surface area contributed by atoms with Gasteiger partial charge in [-0.25, -0.2) is 0 Å². The van der Waals surface area contributed by atoms with Gasteiger partial charge in [0.25, 0.3) is 0 Å². The van der Waals surface area contributed by atoms with Gasteiger partial charge in [0.15, 0.2) is 0 Å². The molecule has 41 heavy (non-hydrogen) atoms. The van der Waals surface area contributed by atoms with Crippen LogP contribution >= 0.6 is 0 Å². The number of carbonyl (C=O) groups excluding carboxylic acids is 2. The van der Waals surface area contributed by atoms with Crippen LogP contribution in [0.15, 0.2) is 11.1 Å². The normalized spacial score (nSPS) is 42.6. The van der Waals surface area contributed by atoms with Crippen LogP contribution in [0.5, 0.6) is 0 Å². The summed E-state index contributed by atoms with van der Waals surface area (Å²) < 4.78 is 11.5. The second-order valence-corrected chi connectivity index (χ2v) is 16.5. The van der Waals surface area contributed by atoms with E-state index in [0.717, 1.165) is 70.6 Å². The number of esters is 2. The van der Waals surface area contributed by atoms with E-state index in [1.165, 1.54) is 5.57 Å². The zero-order chi connectivity index (χ0) is 30.2. The van der Waals surface area contributed by atoms with E-state index in [1.807, 2.05) is 0 Å². The number of ether oxygens (including phenoxy) is 2. The largest absolute Gasteiger partial charge is 0.481 e. The third-order valence-electron chi connectivity index (χ3n) is 13.9. The molecule has 1 N–H and O–H groups in total. The molecular formula is C35H54O6. The Hall–Kier alpha value is -1.85. The van der Waals surface area contributed by atoms with E-state index in [0.29, 0.717) is 11.8 Å². The molecule has 0 bridgehead atoms. The maximum absolute atomic E-state index is 13.4. The summed E-state index contributed by atoms with van der Waals surface area (Å²) in [4.78, 5) is 37.0. The Labute approximate surface area is 247 Å². The molecule has 230 valence electrons. The molecule has 0 saturated heterocycles. The Morgan fingerprint density at radius 2 is 1.49 bits per heavy atom. The summed E-state index contributed by atoms with van der Waals surface area (Å²) in [5.74, 6) is -0.370. The molecule has 4 saturated carbocycles. The first-order valence-corrected chi connectivity index (χ1v) is 16.2. The zero-order valence-electron chi connectivity index (χ0n) is 26.9. The smallest absolute Gasteiger partial charge is 0.315 e. The van der Waals surface area contributed by atoms with Crippen LogP contribution < -0.4 is 0 Å². The molecule has 5 rings (SSSR count). The first-order chi connectivity index (χ1) is 19.0. The van der Waals surface area contributed by atoms with E-state index in [9.17, 15) is 14.4 Å². The number of methoxy groups -OCH3 is 1. The Kier molecular flexibility index (Phi) is 7.34. The van der Waals surface area contributed by atoms with Crippen molar-refractivity contribution >= 4 is 17.9 Å². The molecule has 7 atom stereocenters.